The Morgan fingerprint density at radius 2 is 1.11 bits per heavy atom. The molecule has 0 bridgehead atoms. The topological polar surface area (TPSA) is 142 Å². The third-order valence-corrected chi connectivity index (χ3v) is 12.5. The Morgan fingerprint density at radius 1 is 0.677 bits per heavy atom. The van der Waals surface area contributed by atoms with E-state index in [1.807, 2.05) is 0 Å². The lowest BCUT2D eigenvalue weighted by Crippen LogP contribution is -2.34. The molecule has 3 fully saturated rings. The van der Waals surface area contributed by atoms with Crippen molar-refractivity contribution in [2.45, 2.75) is 144 Å². The Balaban J connectivity index is 0.000000204. The van der Waals surface area contributed by atoms with Gasteiger partial charge in [0.25, 0.3) is 0 Å². The average molecular weight is 855 g/mol. The van der Waals surface area contributed by atoms with E-state index in [9.17, 15) is 14.7 Å². The number of carbonyl (C=O) groups is 2. The molecule has 0 aromatic heterocycles. The highest BCUT2D eigenvalue weighted by Gasteiger charge is 2.33. The maximum atomic E-state index is 11.5. The van der Waals surface area contributed by atoms with Gasteiger partial charge < -0.3 is 39.8 Å². The summed E-state index contributed by atoms with van der Waals surface area (Å²) in [6, 6.07) is 25.3. The lowest BCUT2D eigenvalue weighted by Gasteiger charge is -2.37. The summed E-state index contributed by atoms with van der Waals surface area (Å²) in [4.78, 5) is 21.9. The highest BCUT2D eigenvalue weighted by Crippen LogP contribution is 2.40. The van der Waals surface area contributed by atoms with Gasteiger partial charge in [0, 0.05) is 19.6 Å². The van der Waals surface area contributed by atoms with Crippen molar-refractivity contribution in [3.63, 3.8) is 0 Å². The van der Waals surface area contributed by atoms with Crippen LogP contribution in [0.5, 0.6) is 11.5 Å². The van der Waals surface area contributed by atoms with Crippen LogP contribution in [0.25, 0.3) is 21.5 Å². The highest BCUT2D eigenvalue weighted by atomic mass is 16.6. The molecule has 0 spiro atoms. The Labute approximate surface area is 370 Å². The number of ether oxygens (including phenoxy) is 5. The van der Waals surface area contributed by atoms with E-state index >= 15 is 0 Å². The van der Waals surface area contributed by atoms with Crippen molar-refractivity contribution in [3.05, 3.63) is 83.9 Å². The second-order valence-electron chi connectivity index (χ2n) is 19.3. The van der Waals surface area contributed by atoms with Gasteiger partial charge in [0.1, 0.15) is 11.5 Å². The number of aliphatic hydroxyl groups excluding tert-OH is 1. The van der Waals surface area contributed by atoms with Gasteiger partial charge in [-0.1, -0.05) is 77.9 Å². The van der Waals surface area contributed by atoms with Crippen molar-refractivity contribution >= 4 is 33.5 Å². The van der Waals surface area contributed by atoms with E-state index in [-0.39, 0.29) is 25.2 Å². The number of benzene rings is 4. The first-order valence-electron chi connectivity index (χ1n) is 23.0. The number of hydrogen-bond donors (Lipinski definition) is 3. The smallest absolute Gasteiger partial charge is 0.337 e. The minimum atomic E-state index is -1.14. The molecule has 2 saturated carbocycles. The maximum absolute atomic E-state index is 11.5. The minimum absolute atomic E-state index is 0.168. The molecule has 2 aliphatic carbocycles. The fourth-order valence-corrected chi connectivity index (χ4v) is 8.50. The quantitative estimate of drug-likeness (QED) is 0.0879. The van der Waals surface area contributed by atoms with Gasteiger partial charge in [-0.05, 0) is 157 Å². The third-order valence-electron chi connectivity index (χ3n) is 12.5. The molecular weight excluding hydrogens is 781 g/mol. The number of aliphatic hydroxyl groups is 1. The van der Waals surface area contributed by atoms with Crippen LogP contribution >= 0.6 is 0 Å². The van der Waals surface area contributed by atoms with Crippen LogP contribution in [0.15, 0.2) is 72.8 Å². The highest BCUT2D eigenvalue weighted by molar-refractivity contribution is 5.85. The maximum Gasteiger partial charge on any atom is 0.337 e. The minimum Gasteiger partial charge on any atom is -0.490 e. The molecule has 4 aromatic rings. The summed E-state index contributed by atoms with van der Waals surface area (Å²) in [6.45, 7) is 20.2. The van der Waals surface area contributed by atoms with Crippen molar-refractivity contribution in [1.29, 1.82) is 0 Å². The molecule has 10 nitrogen and oxygen atoms in total. The zero-order chi connectivity index (χ0) is 44.9. The van der Waals surface area contributed by atoms with E-state index in [0.717, 1.165) is 52.5 Å². The van der Waals surface area contributed by atoms with Gasteiger partial charge in [0.2, 0.25) is 0 Å². The van der Waals surface area contributed by atoms with Crippen LogP contribution in [0.3, 0.4) is 0 Å². The van der Waals surface area contributed by atoms with Gasteiger partial charge in [-0.25, -0.2) is 9.59 Å². The molecule has 2 unspecified atom stereocenters. The standard InChI is InChI=1S/C26H37NO4.C21H29NO.C5H8O3/c1-5-30-25(29)24(28)17-27-16-18-6-7-20-15-23(11-8-19(20)14-18)31-22-12-9-21(10-13-22)26(2,3)4;1-21(2,3)18-7-10-19(11-8-18)23-20-9-6-16-12-15(14-22)4-5-17(16)13-20;1-2-7-5(6)4-3-8-4/h6-8,11,14-15,21-22,24,27-28H,5,9-10,12-13,16-17H2,1-4H3;4-6,9,12-13,18-19H,7-8,10-11,14,22H2,1-3H3;4H,2-3H2,1H3. The summed E-state index contributed by atoms with van der Waals surface area (Å²) in [5.41, 5.74) is 8.79. The third kappa shape index (κ3) is 15.2. The molecule has 4 aromatic carbocycles. The van der Waals surface area contributed by atoms with Gasteiger partial charge >= 0.3 is 11.9 Å². The number of esters is 2. The zero-order valence-corrected chi connectivity index (χ0v) is 38.7. The molecule has 10 heteroatoms. The summed E-state index contributed by atoms with van der Waals surface area (Å²) < 4.78 is 26.6. The predicted molar refractivity (Wildman–Crippen MR) is 248 cm³/mol. The Morgan fingerprint density at radius 3 is 1.55 bits per heavy atom. The van der Waals surface area contributed by atoms with Gasteiger partial charge in [-0.3, -0.25) is 0 Å². The molecular formula is C52H74N2O8. The Kier molecular flexibility index (Phi) is 18.0. The van der Waals surface area contributed by atoms with Crippen LogP contribution in [0.2, 0.25) is 0 Å². The average Bonchev–Trinajstić information content (AvgIpc) is 4.10. The van der Waals surface area contributed by atoms with E-state index in [4.69, 9.17) is 19.9 Å². The Hall–Kier alpha value is -4.22. The van der Waals surface area contributed by atoms with Crippen molar-refractivity contribution in [2.24, 2.45) is 28.4 Å². The molecule has 0 amide bonds. The number of epoxide rings is 1. The van der Waals surface area contributed by atoms with Gasteiger partial charge in [0.05, 0.1) is 32.0 Å². The van der Waals surface area contributed by atoms with Gasteiger partial charge in [-0.15, -0.1) is 0 Å². The molecule has 1 saturated heterocycles. The first-order chi connectivity index (χ1) is 29.6. The molecule has 1 heterocycles. The normalized spacial score (nSPS) is 21.7. The molecule has 4 N–H and O–H groups in total. The van der Waals surface area contributed by atoms with E-state index in [0.29, 0.717) is 49.3 Å². The van der Waals surface area contributed by atoms with Crippen LogP contribution in [-0.2, 0) is 36.9 Å². The van der Waals surface area contributed by atoms with Crippen LogP contribution in [0.4, 0.5) is 0 Å². The van der Waals surface area contributed by atoms with Crippen LogP contribution in [0, 0.1) is 22.7 Å². The van der Waals surface area contributed by atoms with Crippen molar-refractivity contribution in [1.82, 2.24) is 5.32 Å². The molecule has 0 radical (unpaired) electrons. The SMILES string of the molecule is CC(C)(C)C1CCC(Oc2ccc3cc(CN)ccc3c2)CC1.CCOC(=O)C(O)CNCc1ccc2cc(OC3CCC(C(C)(C)C)CC3)ccc2c1.CCOC(=O)C1CO1. The molecule has 1 aliphatic heterocycles. The molecule has 340 valence electrons. The second kappa shape index (κ2) is 22.9. The van der Waals surface area contributed by atoms with Crippen molar-refractivity contribution in [3.8, 4) is 11.5 Å². The lowest BCUT2D eigenvalue weighted by atomic mass is 9.72. The number of nitrogens with two attached hydrogens (primary N) is 1. The number of fused-ring (bicyclic) bond motifs is 2. The van der Waals surface area contributed by atoms with Crippen LogP contribution in [-0.4, -0.2) is 67.8 Å². The predicted octanol–water partition coefficient (Wildman–Crippen LogP) is 10.1. The molecule has 7 rings (SSSR count). The zero-order valence-electron chi connectivity index (χ0n) is 38.7. The fraction of sp³-hybridized carbons (Fsp3) is 0.577. The summed E-state index contributed by atoms with van der Waals surface area (Å²) >= 11 is 0. The number of hydrogen-bond acceptors (Lipinski definition) is 10. The number of carbonyl (C=O) groups excluding carboxylic acids is 2. The second-order valence-corrected chi connectivity index (χ2v) is 19.3. The van der Waals surface area contributed by atoms with Crippen LogP contribution in [0.1, 0.15) is 118 Å². The van der Waals surface area contributed by atoms with Crippen LogP contribution < -0.4 is 20.5 Å². The van der Waals surface area contributed by atoms with Crippen molar-refractivity contribution in [2.75, 3.05) is 26.4 Å². The fourth-order valence-electron chi connectivity index (χ4n) is 8.50. The lowest BCUT2D eigenvalue weighted by molar-refractivity contribution is -0.152. The molecule has 2 atom stereocenters. The van der Waals surface area contributed by atoms with E-state index in [1.165, 1.54) is 54.9 Å². The largest absolute Gasteiger partial charge is 0.490 e. The first kappa shape index (κ1) is 48.8. The van der Waals surface area contributed by atoms with Gasteiger partial charge in [-0.2, -0.15) is 0 Å². The first-order valence-corrected chi connectivity index (χ1v) is 23.0. The van der Waals surface area contributed by atoms with E-state index < -0.39 is 12.1 Å². The molecule has 3 aliphatic rings. The number of rotatable bonds is 13. The van der Waals surface area contributed by atoms with Crippen molar-refractivity contribution < 1.29 is 38.4 Å². The summed E-state index contributed by atoms with van der Waals surface area (Å²) in [5.74, 6) is 2.73. The summed E-state index contributed by atoms with van der Waals surface area (Å²) in [5, 5.41) is 17.6. The summed E-state index contributed by atoms with van der Waals surface area (Å²) in [6.07, 6.45) is 8.94. The summed E-state index contributed by atoms with van der Waals surface area (Å²) in [7, 11) is 0. The monoisotopic (exact) mass is 855 g/mol. The van der Waals surface area contributed by atoms with E-state index in [2.05, 4.69) is 129 Å². The van der Waals surface area contributed by atoms with Gasteiger partial charge in [0.15, 0.2) is 12.2 Å². The molecule has 62 heavy (non-hydrogen) atoms. The number of nitrogens with one attached hydrogen (secondary N) is 1. The Bertz CT molecular complexity index is 2020. The van der Waals surface area contributed by atoms with E-state index in [1.54, 1.807) is 13.8 Å².